The number of ketones is 1. The van der Waals surface area contributed by atoms with Crippen LogP contribution in [0.5, 0.6) is 5.75 Å². The number of carbonyl (C=O) groups excluding carboxylic acids is 1. The average Bonchev–Trinajstić information content (AvgIpc) is 2.93. The van der Waals surface area contributed by atoms with E-state index in [0.29, 0.717) is 0 Å². The highest BCUT2D eigenvalue weighted by Gasteiger charge is 2.06. The molecule has 1 aromatic rings. The van der Waals surface area contributed by atoms with Crippen molar-refractivity contribution in [2.24, 2.45) is 0 Å². The van der Waals surface area contributed by atoms with Gasteiger partial charge in [0.15, 0.2) is 5.78 Å². The molecule has 0 radical (unpaired) electrons. The van der Waals surface area contributed by atoms with E-state index in [1.807, 2.05) is 72.8 Å². The van der Waals surface area contributed by atoms with Crippen LogP contribution in [-0.2, 0) is 4.79 Å². The van der Waals surface area contributed by atoms with E-state index in [2.05, 4.69) is 69.0 Å². The molecule has 0 aliphatic carbocycles. The molecule has 0 aliphatic rings. The lowest BCUT2D eigenvalue weighted by atomic mass is 10.0. The van der Waals surface area contributed by atoms with Gasteiger partial charge in [-0.2, -0.15) is 0 Å². The van der Waals surface area contributed by atoms with Crippen LogP contribution in [0.1, 0.15) is 94.1 Å². The van der Waals surface area contributed by atoms with E-state index in [9.17, 15) is 4.79 Å². The number of carbonyl (C=O) groups is 1. The summed E-state index contributed by atoms with van der Waals surface area (Å²) in [6.07, 6.45) is 23.0. The first-order chi connectivity index (χ1) is 18.3. The number of ether oxygens (including phenoxy) is 1. The second kappa shape index (κ2) is 24.0. The maximum Gasteiger partial charge on any atom is 0.152 e. The van der Waals surface area contributed by atoms with E-state index in [-0.39, 0.29) is 5.78 Å². The number of rotatable bonds is 13. The van der Waals surface area contributed by atoms with Crippen molar-refractivity contribution in [2.75, 3.05) is 0 Å². The highest BCUT2D eigenvalue weighted by Crippen LogP contribution is 2.25. The SMILES string of the molecule is C=CC(Oc1ccc(C(/C=C/C)=C/C=C(C)C)cc1)=C(C)C(=C\C)/C=C/CCC/C=C/C(C)=O.CC.CC. The Morgan fingerprint density at radius 3 is 1.89 bits per heavy atom. The smallest absolute Gasteiger partial charge is 0.152 e. The minimum Gasteiger partial charge on any atom is -0.457 e. The summed E-state index contributed by atoms with van der Waals surface area (Å²) in [5.41, 5.74) is 5.69. The Labute approximate surface area is 234 Å². The van der Waals surface area contributed by atoms with E-state index in [4.69, 9.17) is 4.74 Å². The second-order valence-electron chi connectivity index (χ2n) is 8.28. The Hall–Kier alpha value is -3.39. The van der Waals surface area contributed by atoms with Crippen molar-refractivity contribution in [1.29, 1.82) is 0 Å². The average molecular weight is 517 g/mol. The third kappa shape index (κ3) is 16.4. The Kier molecular flexibility index (Phi) is 23.2. The van der Waals surface area contributed by atoms with Crippen LogP contribution in [-0.4, -0.2) is 5.78 Å². The van der Waals surface area contributed by atoms with Gasteiger partial charge in [0.25, 0.3) is 0 Å². The molecule has 0 N–H and O–H groups in total. The van der Waals surface area contributed by atoms with E-state index >= 15 is 0 Å². The van der Waals surface area contributed by atoms with Gasteiger partial charge in [-0.3, -0.25) is 4.79 Å². The van der Waals surface area contributed by atoms with Gasteiger partial charge in [0.05, 0.1) is 0 Å². The van der Waals surface area contributed by atoms with Crippen LogP contribution in [0.25, 0.3) is 5.57 Å². The fourth-order valence-corrected chi connectivity index (χ4v) is 3.19. The molecule has 0 atom stereocenters. The molecule has 0 aliphatic heterocycles. The zero-order chi connectivity index (χ0) is 29.3. The van der Waals surface area contributed by atoms with Gasteiger partial charge in [-0.15, -0.1) is 0 Å². The molecule has 0 saturated heterocycles. The van der Waals surface area contributed by atoms with Gasteiger partial charge in [0.2, 0.25) is 0 Å². The summed E-state index contributed by atoms with van der Waals surface area (Å²) in [4.78, 5) is 10.9. The summed E-state index contributed by atoms with van der Waals surface area (Å²) < 4.78 is 6.18. The van der Waals surface area contributed by atoms with E-state index in [1.54, 1.807) is 19.1 Å². The van der Waals surface area contributed by atoms with Crippen LogP contribution in [0.3, 0.4) is 0 Å². The molecule has 0 aromatic heterocycles. The molecule has 1 aromatic carbocycles. The minimum absolute atomic E-state index is 0.0949. The summed E-state index contributed by atoms with van der Waals surface area (Å²) >= 11 is 0. The van der Waals surface area contributed by atoms with Crippen molar-refractivity contribution in [1.82, 2.24) is 0 Å². The molecule has 0 unspecified atom stereocenters. The van der Waals surface area contributed by atoms with Crippen molar-refractivity contribution in [2.45, 2.75) is 88.5 Å². The largest absolute Gasteiger partial charge is 0.457 e. The summed E-state index contributed by atoms with van der Waals surface area (Å²) in [5, 5.41) is 0. The molecule has 0 spiro atoms. The summed E-state index contributed by atoms with van der Waals surface area (Å²) in [5.74, 6) is 1.61. The Bertz CT molecular complexity index is 1020. The summed E-state index contributed by atoms with van der Waals surface area (Å²) in [7, 11) is 0. The normalized spacial score (nSPS) is 12.4. The van der Waals surface area contributed by atoms with Crippen LogP contribution in [0, 0.1) is 0 Å². The number of benzene rings is 1. The standard InChI is InChI=1S/C32H40O2.2C2H6/c1-8-16-29(20-19-25(4)5)30-21-23-31(24-22-30)34-32(10-3)27(7)28(9-2)18-15-13-11-12-14-17-26(6)33;2*1-2/h8-10,14-24H,3,11-13H2,1-2,4-7H3;2*1-2H3/b16-8+,17-14+,18-15+,28-9-,29-20+,32-27?;;. The third-order valence-electron chi connectivity index (χ3n) is 5.05. The van der Waals surface area contributed by atoms with Gasteiger partial charge in [0, 0.05) is 0 Å². The summed E-state index contributed by atoms with van der Waals surface area (Å²) in [6, 6.07) is 8.14. The zero-order valence-electron chi connectivity index (χ0n) is 25.7. The Balaban J connectivity index is 0. The van der Waals surface area contributed by atoms with E-state index < -0.39 is 0 Å². The molecule has 0 heterocycles. The molecule has 38 heavy (non-hydrogen) atoms. The van der Waals surface area contributed by atoms with Gasteiger partial charge in [-0.05, 0) is 107 Å². The lowest BCUT2D eigenvalue weighted by Crippen LogP contribution is -1.98. The molecule has 0 bridgehead atoms. The van der Waals surface area contributed by atoms with E-state index in [0.717, 1.165) is 53.1 Å². The fourth-order valence-electron chi connectivity index (χ4n) is 3.19. The number of hydrogen-bond acceptors (Lipinski definition) is 2. The van der Waals surface area contributed by atoms with Crippen molar-refractivity contribution in [3.8, 4) is 5.75 Å². The third-order valence-corrected chi connectivity index (χ3v) is 5.05. The highest BCUT2D eigenvalue weighted by molar-refractivity contribution is 5.87. The van der Waals surface area contributed by atoms with Crippen LogP contribution in [0.4, 0.5) is 0 Å². The predicted octanol–water partition coefficient (Wildman–Crippen LogP) is 11.3. The van der Waals surface area contributed by atoms with Crippen molar-refractivity contribution >= 4 is 11.4 Å². The molecule has 0 amide bonds. The number of allylic oxidation sites excluding steroid dienone is 14. The van der Waals surface area contributed by atoms with Gasteiger partial charge in [-0.1, -0.05) is 101 Å². The number of hydrogen-bond donors (Lipinski definition) is 0. The van der Waals surface area contributed by atoms with Gasteiger partial charge in [-0.25, -0.2) is 0 Å². The number of unbranched alkanes of at least 4 members (excludes halogenated alkanes) is 2. The fraction of sp³-hybridized carbons (Fsp3) is 0.361. The van der Waals surface area contributed by atoms with E-state index in [1.165, 1.54) is 5.57 Å². The van der Waals surface area contributed by atoms with Crippen LogP contribution < -0.4 is 4.74 Å². The van der Waals surface area contributed by atoms with Gasteiger partial charge >= 0.3 is 0 Å². The summed E-state index contributed by atoms with van der Waals surface area (Å²) in [6.45, 7) is 23.8. The van der Waals surface area contributed by atoms with Crippen LogP contribution in [0.2, 0.25) is 0 Å². The molecular weight excluding hydrogens is 464 g/mol. The second-order valence-corrected chi connectivity index (χ2v) is 8.28. The Morgan fingerprint density at radius 1 is 0.842 bits per heavy atom. The van der Waals surface area contributed by atoms with Crippen molar-refractivity contribution in [3.05, 3.63) is 120 Å². The van der Waals surface area contributed by atoms with Crippen LogP contribution in [0.15, 0.2) is 114 Å². The van der Waals surface area contributed by atoms with Gasteiger partial charge in [0.1, 0.15) is 11.5 Å². The highest BCUT2D eigenvalue weighted by atomic mass is 16.5. The molecule has 208 valence electrons. The first kappa shape index (κ1) is 36.8. The maximum absolute atomic E-state index is 10.9. The maximum atomic E-state index is 10.9. The van der Waals surface area contributed by atoms with Gasteiger partial charge < -0.3 is 4.74 Å². The minimum atomic E-state index is 0.0949. The first-order valence-corrected chi connectivity index (χ1v) is 13.9. The quantitative estimate of drug-likeness (QED) is 0.113. The Morgan fingerprint density at radius 2 is 1.42 bits per heavy atom. The molecule has 2 heteroatoms. The topological polar surface area (TPSA) is 26.3 Å². The zero-order valence-corrected chi connectivity index (χ0v) is 25.7. The molecular formula is C36H52O2. The molecule has 0 saturated carbocycles. The molecule has 1 rings (SSSR count). The van der Waals surface area contributed by atoms with Crippen LogP contribution >= 0.6 is 0 Å². The van der Waals surface area contributed by atoms with Crippen molar-refractivity contribution in [3.63, 3.8) is 0 Å². The molecule has 2 nitrogen and oxygen atoms in total. The predicted molar refractivity (Wildman–Crippen MR) is 171 cm³/mol. The van der Waals surface area contributed by atoms with Crippen molar-refractivity contribution < 1.29 is 9.53 Å². The molecule has 0 fully saturated rings. The lowest BCUT2D eigenvalue weighted by molar-refractivity contribution is -0.112. The monoisotopic (exact) mass is 516 g/mol. The lowest BCUT2D eigenvalue weighted by Gasteiger charge is -2.12. The first-order valence-electron chi connectivity index (χ1n) is 13.9.